The van der Waals surface area contributed by atoms with Crippen molar-refractivity contribution < 1.29 is 22.7 Å². The number of alkyl halides is 2. The van der Waals surface area contributed by atoms with E-state index in [4.69, 9.17) is 9.15 Å². The van der Waals surface area contributed by atoms with Gasteiger partial charge in [-0.2, -0.15) is 8.78 Å². The van der Waals surface area contributed by atoms with Gasteiger partial charge in [0.1, 0.15) is 22.6 Å². The van der Waals surface area contributed by atoms with Crippen molar-refractivity contribution in [2.75, 3.05) is 7.11 Å². The van der Waals surface area contributed by atoms with Gasteiger partial charge in [0.15, 0.2) is 5.58 Å². The van der Waals surface area contributed by atoms with Gasteiger partial charge in [-0.1, -0.05) is 0 Å². The summed E-state index contributed by atoms with van der Waals surface area (Å²) in [6.07, 6.45) is 1.57. The lowest BCUT2D eigenvalue weighted by Gasteiger charge is -2.02. The SMILES string of the molecule is COc1cnc2c(c1)oc1cc(OC(F)F)ccc12. The van der Waals surface area contributed by atoms with Crippen LogP contribution < -0.4 is 9.47 Å². The molecule has 4 nitrogen and oxygen atoms in total. The summed E-state index contributed by atoms with van der Waals surface area (Å²) in [6.45, 7) is -2.86. The number of halogens is 2. The number of hydrogen-bond acceptors (Lipinski definition) is 4. The zero-order valence-corrected chi connectivity index (χ0v) is 9.89. The number of rotatable bonds is 3. The molecule has 0 fully saturated rings. The molecular formula is C13H9F2NO3. The van der Waals surface area contributed by atoms with Crippen LogP contribution in [-0.2, 0) is 0 Å². The van der Waals surface area contributed by atoms with E-state index in [1.165, 1.54) is 19.2 Å². The van der Waals surface area contributed by atoms with Gasteiger partial charge in [-0.15, -0.1) is 0 Å². The van der Waals surface area contributed by atoms with E-state index in [2.05, 4.69) is 9.72 Å². The van der Waals surface area contributed by atoms with Crippen molar-refractivity contribution in [3.63, 3.8) is 0 Å². The lowest BCUT2D eigenvalue weighted by atomic mass is 10.2. The highest BCUT2D eigenvalue weighted by molar-refractivity contribution is 6.02. The molecule has 0 bridgehead atoms. The Morgan fingerprint density at radius 3 is 2.68 bits per heavy atom. The third kappa shape index (κ3) is 2.05. The van der Waals surface area contributed by atoms with Crippen molar-refractivity contribution in [2.24, 2.45) is 0 Å². The second-order valence-electron chi connectivity index (χ2n) is 3.86. The van der Waals surface area contributed by atoms with E-state index in [0.29, 0.717) is 22.4 Å². The van der Waals surface area contributed by atoms with Crippen LogP contribution >= 0.6 is 0 Å². The number of nitrogens with zero attached hydrogens (tertiary/aromatic N) is 1. The maximum absolute atomic E-state index is 12.1. The first-order valence-corrected chi connectivity index (χ1v) is 5.48. The Labute approximate surface area is 106 Å². The van der Waals surface area contributed by atoms with Crippen LogP contribution in [0.15, 0.2) is 34.9 Å². The van der Waals surface area contributed by atoms with E-state index < -0.39 is 6.61 Å². The summed E-state index contributed by atoms with van der Waals surface area (Å²) in [4.78, 5) is 4.22. The first kappa shape index (κ1) is 11.7. The van der Waals surface area contributed by atoms with Crippen LogP contribution in [0.25, 0.3) is 22.1 Å². The molecule has 0 unspecified atom stereocenters. The van der Waals surface area contributed by atoms with Crippen LogP contribution in [0.1, 0.15) is 0 Å². The number of pyridine rings is 1. The van der Waals surface area contributed by atoms with Crippen molar-refractivity contribution in [1.82, 2.24) is 4.98 Å². The van der Waals surface area contributed by atoms with Crippen LogP contribution in [-0.4, -0.2) is 18.7 Å². The second-order valence-corrected chi connectivity index (χ2v) is 3.86. The molecule has 0 spiro atoms. The van der Waals surface area contributed by atoms with Gasteiger partial charge in [0.25, 0.3) is 0 Å². The molecule has 19 heavy (non-hydrogen) atoms. The Kier molecular flexibility index (Phi) is 2.70. The number of benzene rings is 1. The predicted octanol–water partition coefficient (Wildman–Crippen LogP) is 3.59. The molecule has 0 saturated heterocycles. The second kappa shape index (κ2) is 4.38. The van der Waals surface area contributed by atoms with Gasteiger partial charge in [0.2, 0.25) is 0 Å². The van der Waals surface area contributed by atoms with E-state index in [1.54, 1.807) is 18.3 Å². The number of aromatic nitrogens is 1. The summed E-state index contributed by atoms with van der Waals surface area (Å²) in [5, 5.41) is 0.735. The molecule has 1 aromatic carbocycles. The average Bonchev–Trinajstić information content (AvgIpc) is 2.74. The summed E-state index contributed by atoms with van der Waals surface area (Å²) in [6, 6.07) is 6.19. The Hall–Kier alpha value is -2.37. The van der Waals surface area contributed by atoms with Crippen LogP contribution in [0.2, 0.25) is 0 Å². The zero-order chi connectivity index (χ0) is 13.4. The van der Waals surface area contributed by atoms with Crippen LogP contribution in [0.4, 0.5) is 8.78 Å². The Balaban J connectivity index is 2.16. The quantitative estimate of drug-likeness (QED) is 0.726. The Morgan fingerprint density at radius 1 is 1.16 bits per heavy atom. The monoisotopic (exact) mass is 265 g/mol. The smallest absolute Gasteiger partial charge is 0.387 e. The van der Waals surface area contributed by atoms with Crippen LogP contribution in [0, 0.1) is 0 Å². The normalized spacial score (nSPS) is 11.4. The topological polar surface area (TPSA) is 44.5 Å². The number of methoxy groups -OCH3 is 1. The van der Waals surface area contributed by atoms with E-state index >= 15 is 0 Å². The third-order valence-corrected chi connectivity index (χ3v) is 2.72. The van der Waals surface area contributed by atoms with Gasteiger partial charge >= 0.3 is 6.61 Å². The highest BCUT2D eigenvalue weighted by Crippen LogP contribution is 2.31. The molecular weight excluding hydrogens is 256 g/mol. The summed E-state index contributed by atoms with van der Waals surface area (Å²) in [5.74, 6) is 0.615. The highest BCUT2D eigenvalue weighted by atomic mass is 19.3. The number of ether oxygens (including phenoxy) is 2. The highest BCUT2D eigenvalue weighted by Gasteiger charge is 2.12. The molecule has 0 N–H and O–H groups in total. The molecule has 0 atom stereocenters. The molecule has 3 aromatic rings. The van der Waals surface area contributed by atoms with Crippen molar-refractivity contribution >= 4 is 22.1 Å². The van der Waals surface area contributed by atoms with Crippen molar-refractivity contribution in [3.8, 4) is 11.5 Å². The Morgan fingerprint density at radius 2 is 1.95 bits per heavy atom. The fourth-order valence-electron chi connectivity index (χ4n) is 1.90. The molecule has 98 valence electrons. The molecule has 0 amide bonds. The lowest BCUT2D eigenvalue weighted by molar-refractivity contribution is -0.0497. The van der Waals surface area contributed by atoms with Crippen LogP contribution in [0.3, 0.4) is 0 Å². The van der Waals surface area contributed by atoms with E-state index in [9.17, 15) is 8.78 Å². The van der Waals surface area contributed by atoms with E-state index in [1.807, 2.05) is 0 Å². The van der Waals surface area contributed by atoms with Gasteiger partial charge in [-0.05, 0) is 12.1 Å². The summed E-state index contributed by atoms with van der Waals surface area (Å²) in [7, 11) is 1.53. The van der Waals surface area contributed by atoms with Crippen molar-refractivity contribution in [1.29, 1.82) is 0 Å². The lowest BCUT2D eigenvalue weighted by Crippen LogP contribution is -2.01. The average molecular weight is 265 g/mol. The van der Waals surface area contributed by atoms with Gasteiger partial charge < -0.3 is 13.9 Å². The van der Waals surface area contributed by atoms with E-state index in [-0.39, 0.29) is 5.75 Å². The fourth-order valence-corrected chi connectivity index (χ4v) is 1.90. The molecule has 6 heteroatoms. The molecule has 2 aromatic heterocycles. The minimum Gasteiger partial charge on any atom is -0.495 e. The maximum atomic E-state index is 12.1. The molecule has 0 aliphatic carbocycles. The van der Waals surface area contributed by atoms with Gasteiger partial charge in [-0.3, -0.25) is 0 Å². The fraction of sp³-hybridized carbons (Fsp3) is 0.154. The Bertz CT molecular complexity index is 739. The van der Waals surface area contributed by atoms with Gasteiger partial charge in [0, 0.05) is 17.5 Å². The molecule has 3 rings (SSSR count). The van der Waals surface area contributed by atoms with Crippen LogP contribution in [0.5, 0.6) is 11.5 Å². The number of fused-ring (bicyclic) bond motifs is 3. The molecule has 0 aliphatic rings. The first-order chi connectivity index (χ1) is 9.17. The molecule has 0 aliphatic heterocycles. The number of hydrogen-bond donors (Lipinski definition) is 0. The van der Waals surface area contributed by atoms with Crippen molar-refractivity contribution in [2.45, 2.75) is 6.61 Å². The van der Waals surface area contributed by atoms with E-state index in [0.717, 1.165) is 5.39 Å². The van der Waals surface area contributed by atoms with Gasteiger partial charge in [-0.25, -0.2) is 4.98 Å². The van der Waals surface area contributed by atoms with Gasteiger partial charge in [0.05, 0.1) is 13.3 Å². The largest absolute Gasteiger partial charge is 0.495 e. The molecule has 0 saturated carbocycles. The third-order valence-electron chi connectivity index (χ3n) is 2.72. The zero-order valence-electron chi connectivity index (χ0n) is 9.89. The maximum Gasteiger partial charge on any atom is 0.387 e. The summed E-state index contributed by atoms with van der Waals surface area (Å²) in [5.41, 5.74) is 1.62. The molecule has 2 heterocycles. The summed E-state index contributed by atoms with van der Waals surface area (Å²) >= 11 is 0. The standard InChI is InChI=1S/C13H9F2NO3/c1-17-8-5-11-12(16-6-8)9-3-2-7(18-13(14)15)4-10(9)19-11/h2-6,13H,1H3. The number of furan rings is 1. The minimum atomic E-state index is -2.86. The predicted molar refractivity (Wildman–Crippen MR) is 64.7 cm³/mol. The minimum absolute atomic E-state index is 0.0496. The molecule has 0 radical (unpaired) electrons. The first-order valence-electron chi connectivity index (χ1n) is 5.48. The van der Waals surface area contributed by atoms with Crippen molar-refractivity contribution in [3.05, 3.63) is 30.5 Å². The summed E-state index contributed by atoms with van der Waals surface area (Å²) < 4.78 is 39.2.